The van der Waals surface area contributed by atoms with Gasteiger partial charge in [0.05, 0.1) is 12.2 Å². The fraction of sp³-hybridized carbons (Fsp3) is 0.774. The fourth-order valence-corrected chi connectivity index (χ4v) is 10.1. The third-order valence-corrected chi connectivity index (χ3v) is 12.4. The first-order valence-corrected chi connectivity index (χ1v) is 15.7. The Bertz CT molecular complexity index is 954. The van der Waals surface area contributed by atoms with Gasteiger partial charge in [-0.3, -0.25) is 4.79 Å². The van der Waals surface area contributed by atoms with Crippen molar-refractivity contribution in [2.45, 2.75) is 102 Å². The molecule has 3 N–H and O–H groups in total. The maximum atomic E-state index is 12.8. The lowest BCUT2D eigenvalue weighted by Gasteiger charge is -2.62. The Kier molecular flexibility index (Phi) is 7.57. The highest BCUT2D eigenvalue weighted by molar-refractivity contribution is 7.98. The highest BCUT2D eigenvalue weighted by atomic mass is 32.2. The molecular weight excluding hydrogens is 466 g/mol. The van der Waals surface area contributed by atoms with Gasteiger partial charge in [0.25, 0.3) is 0 Å². The number of anilines is 1. The maximum Gasteiger partial charge on any atom is 0.224 e. The molecule has 1 amide bonds. The van der Waals surface area contributed by atoms with Gasteiger partial charge in [-0.15, -0.1) is 11.8 Å². The van der Waals surface area contributed by atoms with Gasteiger partial charge in [-0.25, -0.2) is 0 Å². The van der Waals surface area contributed by atoms with E-state index in [1.165, 1.54) is 25.7 Å². The van der Waals surface area contributed by atoms with E-state index in [0.29, 0.717) is 41.9 Å². The molecule has 0 unspecified atom stereocenters. The molecule has 0 aromatic heterocycles. The number of carbonyl (C=O) groups excluding carboxylic acids is 1. The first-order valence-electron chi connectivity index (χ1n) is 14.5. The van der Waals surface area contributed by atoms with E-state index in [4.69, 9.17) is 0 Å². The van der Waals surface area contributed by atoms with Crippen molar-refractivity contribution in [2.24, 2.45) is 46.3 Å². The lowest BCUT2D eigenvalue weighted by Crippen LogP contribution is -2.58. The summed E-state index contributed by atoms with van der Waals surface area (Å²) in [6, 6.07) is 8.04. The fourth-order valence-electron chi connectivity index (χ4n) is 9.64. The Labute approximate surface area is 222 Å². The first-order chi connectivity index (χ1) is 17.2. The molecule has 0 bridgehead atoms. The Hall–Kier alpha value is -1.04. The van der Waals surface area contributed by atoms with Gasteiger partial charge in [0.1, 0.15) is 0 Å². The van der Waals surface area contributed by atoms with Crippen molar-refractivity contribution in [2.75, 3.05) is 11.6 Å². The second-order valence-electron chi connectivity index (χ2n) is 13.2. The van der Waals surface area contributed by atoms with Gasteiger partial charge in [0, 0.05) is 17.0 Å². The molecule has 0 saturated heterocycles. The summed E-state index contributed by atoms with van der Waals surface area (Å²) in [5.74, 6) is 3.50. The van der Waals surface area contributed by atoms with Crippen molar-refractivity contribution in [3.63, 3.8) is 0 Å². The van der Waals surface area contributed by atoms with Gasteiger partial charge in [-0.1, -0.05) is 26.8 Å². The smallest absolute Gasteiger partial charge is 0.224 e. The van der Waals surface area contributed by atoms with Gasteiger partial charge in [-0.05, 0) is 129 Å². The summed E-state index contributed by atoms with van der Waals surface area (Å²) in [7, 11) is 0. The summed E-state index contributed by atoms with van der Waals surface area (Å²) >= 11 is 1.68. The van der Waals surface area contributed by atoms with Crippen LogP contribution in [0.2, 0.25) is 0 Å². The van der Waals surface area contributed by atoms with Crippen LogP contribution in [-0.2, 0) is 4.79 Å². The van der Waals surface area contributed by atoms with Crippen molar-refractivity contribution in [1.82, 2.24) is 0 Å². The van der Waals surface area contributed by atoms with Crippen molar-refractivity contribution >= 4 is 23.4 Å². The van der Waals surface area contributed by atoms with Crippen molar-refractivity contribution in [3.05, 3.63) is 24.3 Å². The third-order valence-electron chi connectivity index (χ3n) is 11.7. The number of aliphatic hydroxyl groups excluding tert-OH is 2. The zero-order valence-corrected chi connectivity index (χ0v) is 23.5. The molecule has 5 rings (SSSR count). The number of benzene rings is 1. The number of fused-ring (bicyclic) bond motifs is 5. The highest BCUT2D eigenvalue weighted by Gasteiger charge is 2.63. The zero-order valence-electron chi connectivity index (χ0n) is 22.7. The van der Waals surface area contributed by atoms with E-state index < -0.39 is 0 Å². The highest BCUT2D eigenvalue weighted by Crippen LogP contribution is 2.68. The molecule has 1 aromatic rings. The molecule has 1 aromatic carbocycles. The van der Waals surface area contributed by atoms with Gasteiger partial charge < -0.3 is 15.5 Å². The second kappa shape index (κ2) is 10.3. The van der Waals surface area contributed by atoms with Crippen LogP contribution in [0.4, 0.5) is 5.69 Å². The van der Waals surface area contributed by atoms with E-state index in [1.807, 2.05) is 24.5 Å². The number of carbonyl (C=O) groups is 1. The second-order valence-corrected chi connectivity index (χ2v) is 14.1. The molecule has 10 atom stereocenters. The van der Waals surface area contributed by atoms with Crippen LogP contribution >= 0.6 is 11.8 Å². The molecule has 4 saturated carbocycles. The number of amides is 1. The molecule has 4 nitrogen and oxygen atoms in total. The summed E-state index contributed by atoms with van der Waals surface area (Å²) < 4.78 is 0. The number of hydrogen-bond donors (Lipinski definition) is 3. The lowest BCUT2D eigenvalue weighted by atomic mass is 9.43. The van der Waals surface area contributed by atoms with Gasteiger partial charge in [0.15, 0.2) is 0 Å². The maximum absolute atomic E-state index is 12.8. The van der Waals surface area contributed by atoms with Crippen LogP contribution in [0, 0.1) is 46.3 Å². The Morgan fingerprint density at radius 1 is 1.11 bits per heavy atom. The van der Waals surface area contributed by atoms with Crippen molar-refractivity contribution in [3.8, 4) is 0 Å². The van der Waals surface area contributed by atoms with Crippen molar-refractivity contribution < 1.29 is 15.0 Å². The van der Waals surface area contributed by atoms with Crippen LogP contribution in [0.5, 0.6) is 0 Å². The van der Waals surface area contributed by atoms with E-state index in [-0.39, 0.29) is 28.9 Å². The van der Waals surface area contributed by atoms with E-state index in [1.54, 1.807) is 11.8 Å². The Morgan fingerprint density at radius 2 is 1.92 bits per heavy atom. The lowest BCUT2D eigenvalue weighted by molar-refractivity contribution is -0.174. The van der Waals surface area contributed by atoms with Crippen LogP contribution < -0.4 is 5.32 Å². The summed E-state index contributed by atoms with van der Waals surface area (Å²) in [6.07, 6.45) is 11.9. The normalized spacial score (nSPS) is 42.7. The predicted molar refractivity (Wildman–Crippen MR) is 148 cm³/mol. The van der Waals surface area contributed by atoms with Gasteiger partial charge in [0.2, 0.25) is 5.91 Å². The quantitative estimate of drug-likeness (QED) is 0.368. The zero-order chi connectivity index (χ0) is 25.7. The summed E-state index contributed by atoms with van der Waals surface area (Å²) in [5.41, 5.74) is 1.11. The van der Waals surface area contributed by atoms with Crippen LogP contribution in [0.3, 0.4) is 0 Å². The number of thioether (sulfide) groups is 1. The molecule has 0 aliphatic heterocycles. The van der Waals surface area contributed by atoms with Crippen LogP contribution in [0.25, 0.3) is 0 Å². The van der Waals surface area contributed by atoms with E-state index in [2.05, 4.69) is 32.2 Å². The van der Waals surface area contributed by atoms with Crippen LogP contribution in [0.1, 0.15) is 85.0 Å². The Balaban J connectivity index is 1.24. The molecule has 0 heterocycles. The minimum Gasteiger partial charge on any atom is -0.393 e. The number of aliphatic hydroxyl groups is 2. The number of hydrogen-bond acceptors (Lipinski definition) is 4. The van der Waals surface area contributed by atoms with Crippen LogP contribution in [0.15, 0.2) is 29.2 Å². The molecule has 4 fully saturated rings. The minimum absolute atomic E-state index is 0.0406. The topological polar surface area (TPSA) is 69.6 Å². The molecule has 0 radical (unpaired) electrons. The standard InChI is InChI=1S/C31H47NO3S/c1-19(8-13-29(35)32-21-6-5-7-23(17-21)36-4)25-11-12-26-24-10-9-20-16-22(33)14-15-30(20,2)27(24)18-28(34)31(25,26)3/h5-7,17,19-20,22,24-28,33-34H,8-16,18H2,1-4H3,(H,32,35)/t19-,20-,22-,24+,25-,26+,27+,28+,30+,31-/m1/s1. The summed E-state index contributed by atoms with van der Waals surface area (Å²) in [6.45, 7) is 7.19. The summed E-state index contributed by atoms with van der Waals surface area (Å²) in [4.78, 5) is 13.9. The van der Waals surface area contributed by atoms with Gasteiger partial charge in [-0.2, -0.15) is 0 Å². The SMILES string of the molecule is CSc1cccc(NC(=O)CC[C@@H](C)[C@H]2CC[C@H]3[C@@H]4CC[C@@H]5C[C@H](O)CC[C@]5(C)[C@H]4C[C@H](O)[C@]23C)c1. The van der Waals surface area contributed by atoms with Crippen LogP contribution in [-0.4, -0.2) is 34.6 Å². The average Bonchev–Trinajstić information content (AvgIpc) is 3.22. The van der Waals surface area contributed by atoms with E-state index in [9.17, 15) is 15.0 Å². The molecule has 4 aliphatic carbocycles. The first kappa shape index (κ1) is 26.6. The largest absolute Gasteiger partial charge is 0.393 e. The molecule has 200 valence electrons. The number of rotatable bonds is 6. The van der Waals surface area contributed by atoms with E-state index >= 15 is 0 Å². The number of nitrogens with one attached hydrogen (secondary N) is 1. The van der Waals surface area contributed by atoms with Gasteiger partial charge >= 0.3 is 0 Å². The molecule has 4 aliphatic rings. The molecule has 0 spiro atoms. The third kappa shape index (κ3) is 4.56. The van der Waals surface area contributed by atoms with E-state index in [0.717, 1.165) is 42.7 Å². The monoisotopic (exact) mass is 513 g/mol. The van der Waals surface area contributed by atoms with Crippen molar-refractivity contribution in [1.29, 1.82) is 0 Å². The minimum atomic E-state index is -0.260. The molecule has 36 heavy (non-hydrogen) atoms. The predicted octanol–water partition coefficient (Wildman–Crippen LogP) is 6.75. The average molecular weight is 514 g/mol. The summed E-state index contributed by atoms with van der Waals surface area (Å²) in [5, 5.41) is 25.1. The molecular formula is C31H47NO3S. The molecule has 5 heteroatoms. The Morgan fingerprint density at radius 3 is 2.69 bits per heavy atom.